The maximum absolute atomic E-state index is 12.2. The third kappa shape index (κ3) is 7.50. The van der Waals surface area contributed by atoms with Gasteiger partial charge in [-0.05, 0) is 56.8 Å². The molecule has 2 rings (SSSR count). The Morgan fingerprint density at radius 3 is 2.61 bits per heavy atom. The number of hydrogen-bond acceptors (Lipinski definition) is 3. The summed E-state index contributed by atoms with van der Waals surface area (Å²) in [5.74, 6) is 0.842. The zero-order valence-corrected chi connectivity index (χ0v) is 17.8. The minimum atomic E-state index is -0.0171. The van der Waals surface area contributed by atoms with E-state index in [1.807, 2.05) is 31.2 Å². The summed E-state index contributed by atoms with van der Waals surface area (Å²) in [4.78, 5) is 19.4. The normalized spacial score (nSPS) is 16.0. The van der Waals surface area contributed by atoms with E-state index in [0.29, 0.717) is 24.7 Å². The molecule has 1 aromatic rings. The average Bonchev–Trinajstić information content (AvgIpc) is 2.72. The number of carbonyl (C=O) groups excluding carboxylic acids is 1. The fourth-order valence-corrected chi connectivity index (χ4v) is 3.45. The van der Waals surface area contributed by atoms with Crippen LogP contribution in [0.15, 0.2) is 29.3 Å². The monoisotopic (exact) mass is 387 g/mol. The molecular weight excluding hydrogens is 350 g/mol. The van der Waals surface area contributed by atoms with Gasteiger partial charge in [-0.25, -0.2) is 4.99 Å². The molecule has 6 heteroatoms. The van der Waals surface area contributed by atoms with Gasteiger partial charge in [-0.1, -0.05) is 26.0 Å². The number of guanidine groups is 1. The lowest BCUT2D eigenvalue weighted by atomic mass is 10.1. The maximum atomic E-state index is 12.2. The van der Waals surface area contributed by atoms with Gasteiger partial charge in [-0.3, -0.25) is 4.79 Å². The van der Waals surface area contributed by atoms with Gasteiger partial charge < -0.3 is 20.9 Å². The van der Waals surface area contributed by atoms with Crippen molar-refractivity contribution in [2.24, 2.45) is 4.99 Å². The van der Waals surface area contributed by atoms with Crippen LogP contribution in [0.25, 0.3) is 0 Å². The first-order valence-electron chi connectivity index (χ1n) is 10.8. The smallest absolute Gasteiger partial charge is 0.251 e. The second-order valence-corrected chi connectivity index (χ2v) is 7.41. The molecule has 1 fully saturated rings. The van der Waals surface area contributed by atoms with E-state index in [1.54, 1.807) is 0 Å². The summed E-state index contributed by atoms with van der Waals surface area (Å²) in [6, 6.07) is 8.20. The van der Waals surface area contributed by atoms with Crippen molar-refractivity contribution in [1.82, 2.24) is 20.9 Å². The Morgan fingerprint density at radius 1 is 1.14 bits per heavy atom. The van der Waals surface area contributed by atoms with E-state index in [0.717, 1.165) is 50.4 Å². The number of carbonyl (C=O) groups is 1. The lowest BCUT2D eigenvalue weighted by molar-refractivity contribution is 0.0953. The van der Waals surface area contributed by atoms with Crippen molar-refractivity contribution in [1.29, 1.82) is 0 Å². The van der Waals surface area contributed by atoms with E-state index >= 15 is 0 Å². The Bertz CT molecular complexity index is 623. The number of nitrogens with one attached hydrogen (secondary N) is 3. The van der Waals surface area contributed by atoms with Crippen LogP contribution in [-0.2, 0) is 6.54 Å². The van der Waals surface area contributed by atoms with Crippen LogP contribution in [0.5, 0.6) is 0 Å². The number of piperidine rings is 1. The molecule has 0 bridgehead atoms. The minimum Gasteiger partial charge on any atom is -0.357 e. The molecule has 0 aromatic heterocycles. The van der Waals surface area contributed by atoms with E-state index in [4.69, 9.17) is 4.99 Å². The standard InChI is InChI=1S/C22H37N5O/c1-4-12-24-21(28)19-9-7-8-18(16-19)17-25-22(23-6-3)26-20-10-14-27(13-5-2)15-11-20/h7-9,16,20H,4-6,10-15,17H2,1-3H3,(H,24,28)(H2,23,25,26). The number of nitrogens with zero attached hydrogens (tertiary/aromatic N) is 2. The van der Waals surface area contributed by atoms with Crippen LogP contribution in [0.4, 0.5) is 0 Å². The van der Waals surface area contributed by atoms with Crippen LogP contribution >= 0.6 is 0 Å². The summed E-state index contributed by atoms with van der Waals surface area (Å²) in [6.07, 6.45) is 4.46. The average molecular weight is 388 g/mol. The minimum absolute atomic E-state index is 0.0171. The summed E-state index contributed by atoms with van der Waals surface area (Å²) >= 11 is 0. The Hall–Kier alpha value is -2.08. The van der Waals surface area contributed by atoms with Crippen molar-refractivity contribution >= 4 is 11.9 Å². The van der Waals surface area contributed by atoms with Crippen molar-refractivity contribution in [2.75, 3.05) is 32.7 Å². The molecule has 1 aliphatic rings. The Balaban J connectivity index is 1.92. The number of aliphatic imine (C=N–C) groups is 1. The van der Waals surface area contributed by atoms with E-state index in [2.05, 4.69) is 34.7 Å². The highest BCUT2D eigenvalue weighted by Gasteiger charge is 2.19. The summed E-state index contributed by atoms with van der Waals surface area (Å²) in [5, 5.41) is 9.86. The van der Waals surface area contributed by atoms with Crippen molar-refractivity contribution in [2.45, 2.75) is 59.0 Å². The van der Waals surface area contributed by atoms with Gasteiger partial charge in [-0.2, -0.15) is 0 Å². The highest BCUT2D eigenvalue weighted by Crippen LogP contribution is 2.11. The molecule has 1 amide bonds. The molecule has 156 valence electrons. The first-order chi connectivity index (χ1) is 13.7. The third-order valence-corrected chi connectivity index (χ3v) is 4.96. The van der Waals surface area contributed by atoms with Gasteiger partial charge in [0.1, 0.15) is 0 Å². The molecule has 3 N–H and O–H groups in total. The molecule has 0 radical (unpaired) electrons. The maximum Gasteiger partial charge on any atom is 0.251 e. The van der Waals surface area contributed by atoms with E-state index in [9.17, 15) is 4.79 Å². The van der Waals surface area contributed by atoms with Gasteiger partial charge in [0.05, 0.1) is 6.54 Å². The van der Waals surface area contributed by atoms with Gasteiger partial charge in [0, 0.05) is 37.8 Å². The van der Waals surface area contributed by atoms with Crippen LogP contribution in [0.3, 0.4) is 0 Å². The van der Waals surface area contributed by atoms with Crippen molar-refractivity contribution < 1.29 is 4.79 Å². The zero-order chi connectivity index (χ0) is 20.2. The summed E-state index contributed by atoms with van der Waals surface area (Å²) in [7, 11) is 0. The Morgan fingerprint density at radius 2 is 1.93 bits per heavy atom. The number of likely N-dealkylation sites (tertiary alicyclic amines) is 1. The summed E-state index contributed by atoms with van der Waals surface area (Å²) in [6.45, 7) is 12.0. The summed E-state index contributed by atoms with van der Waals surface area (Å²) < 4.78 is 0. The lowest BCUT2D eigenvalue weighted by Crippen LogP contribution is -2.48. The van der Waals surface area contributed by atoms with Gasteiger partial charge >= 0.3 is 0 Å². The van der Waals surface area contributed by atoms with Crippen LogP contribution in [-0.4, -0.2) is 55.5 Å². The SMILES string of the molecule is CCCNC(=O)c1cccc(CN=C(NCC)NC2CCN(CCC)CC2)c1. The van der Waals surface area contributed by atoms with Crippen molar-refractivity contribution in [3.05, 3.63) is 35.4 Å². The topological polar surface area (TPSA) is 68.8 Å². The highest BCUT2D eigenvalue weighted by molar-refractivity contribution is 5.94. The van der Waals surface area contributed by atoms with Gasteiger partial charge in [0.2, 0.25) is 0 Å². The quantitative estimate of drug-likeness (QED) is 0.450. The van der Waals surface area contributed by atoms with Crippen molar-refractivity contribution in [3.63, 3.8) is 0 Å². The van der Waals surface area contributed by atoms with Crippen molar-refractivity contribution in [3.8, 4) is 0 Å². The van der Waals surface area contributed by atoms with Crippen LogP contribution < -0.4 is 16.0 Å². The summed E-state index contributed by atoms with van der Waals surface area (Å²) in [5.41, 5.74) is 1.74. The predicted octanol–water partition coefficient (Wildman–Crippen LogP) is 2.76. The van der Waals surface area contributed by atoms with Gasteiger partial charge in [0.15, 0.2) is 5.96 Å². The second kappa shape index (κ2) is 12.4. The lowest BCUT2D eigenvalue weighted by Gasteiger charge is -2.32. The second-order valence-electron chi connectivity index (χ2n) is 7.41. The fourth-order valence-electron chi connectivity index (χ4n) is 3.45. The third-order valence-electron chi connectivity index (χ3n) is 4.96. The molecule has 0 spiro atoms. The zero-order valence-electron chi connectivity index (χ0n) is 17.8. The molecule has 1 saturated heterocycles. The van der Waals surface area contributed by atoms with E-state index in [1.165, 1.54) is 13.0 Å². The first kappa shape index (κ1) is 22.2. The fraction of sp³-hybridized carbons (Fsp3) is 0.636. The molecular formula is C22H37N5O. The molecule has 28 heavy (non-hydrogen) atoms. The molecule has 0 atom stereocenters. The van der Waals surface area contributed by atoms with Gasteiger partial charge in [0.25, 0.3) is 5.91 Å². The van der Waals surface area contributed by atoms with E-state index in [-0.39, 0.29) is 5.91 Å². The molecule has 1 heterocycles. The molecule has 1 aromatic carbocycles. The molecule has 0 unspecified atom stereocenters. The van der Waals surface area contributed by atoms with Crippen LogP contribution in [0, 0.1) is 0 Å². The molecule has 1 aliphatic heterocycles. The molecule has 0 aliphatic carbocycles. The predicted molar refractivity (Wildman–Crippen MR) is 117 cm³/mol. The number of amides is 1. The Labute approximate surface area is 170 Å². The number of benzene rings is 1. The Kier molecular flexibility index (Phi) is 9.83. The van der Waals surface area contributed by atoms with E-state index < -0.39 is 0 Å². The van der Waals surface area contributed by atoms with Crippen LogP contribution in [0.1, 0.15) is 62.4 Å². The first-order valence-corrected chi connectivity index (χ1v) is 10.8. The number of hydrogen-bond donors (Lipinski definition) is 3. The highest BCUT2D eigenvalue weighted by atomic mass is 16.1. The molecule has 0 saturated carbocycles. The largest absolute Gasteiger partial charge is 0.357 e. The number of rotatable bonds is 9. The molecule has 6 nitrogen and oxygen atoms in total. The van der Waals surface area contributed by atoms with Gasteiger partial charge in [-0.15, -0.1) is 0 Å². The van der Waals surface area contributed by atoms with Crippen LogP contribution in [0.2, 0.25) is 0 Å².